The molecule has 0 atom stereocenters. The van der Waals surface area contributed by atoms with Gasteiger partial charge >= 0.3 is 5.97 Å². The number of benzene rings is 2. The molecule has 0 unspecified atom stereocenters. The molecule has 1 saturated heterocycles. The monoisotopic (exact) mass is 388 g/mol. The molecule has 0 spiro atoms. The third-order valence-electron chi connectivity index (χ3n) is 4.88. The number of carbonyl (C=O) groups excluding carboxylic acids is 1. The number of hydrogen-bond donors (Lipinski definition) is 1. The summed E-state index contributed by atoms with van der Waals surface area (Å²) in [7, 11) is 0. The molecule has 4 rings (SSSR count). The van der Waals surface area contributed by atoms with Crippen molar-refractivity contribution >= 4 is 28.7 Å². The van der Waals surface area contributed by atoms with Gasteiger partial charge in [0.2, 0.25) is 11.9 Å². The first-order valence-electron chi connectivity index (χ1n) is 9.39. The van der Waals surface area contributed by atoms with Gasteiger partial charge in [0.1, 0.15) is 0 Å². The van der Waals surface area contributed by atoms with Gasteiger partial charge in [-0.25, -0.2) is 14.8 Å². The van der Waals surface area contributed by atoms with E-state index in [0.29, 0.717) is 32.1 Å². The summed E-state index contributed by atoms with van der Waals surface area (Å²) < 4.78 is 0. The van der Waals surface area contributed by atoms with Crippen LogP contribution >= 0.6 is 0 Å². The van der Waals surface area contributed by atoms with E-state index in [2.05, 4.69) is 4.90 Å². The maximum absolute atomic E-state index is 12.1. The number of aliphatic carboxylic acids is 1. The minimum atomic E-state index is -1.13. The second kappa shape index (κ2) is 8.10. The van der Waals surface area contributed by atoms with Crippen LogP contribution in [0.2, 0.25) is 0 Å². The average Bonchev–Trinajstić information content (AvgIpc) is 2.77. The lowest BCUT2D eigenvalue weighted by molar-refractivity contribution is -0.132. The lowest BCUT2D eigenvalue weighted by Crippen LogP contribution is -2.48. The highest BCUT2D eigenvalue weighted by Crippen LogP contribution is 2.28. The summed E-state index contributed by atoms with van der Waals surface area (Å²) in [4.78, 5) is 36.0. The Hall–Kier alpha value is -3.74. The fraction of sp³-hybridized carbons (Fsp3) is 0.182. The van der Waals surface area contributed by atoms with Crippen LogP contribution in [0.25, 0.3) is 22.2 Å². The number of carboxylic acids is 1. The number of fused-ring (bicyclic) bond motifs is 1. The topological polar surface area (TPSA) is 86.6 Å². The van der Waals surface area contributed by atoms with Crippen LogP contribution in [0.1, 0.15) is 0 Å². The minimum Gasteiger partial charge on any atom is -0.478 e. The molecule has 1 aliphatic rings. The van der Waals surface area contributed by atoms with E-state index in [0.717, 1.165) is 34.3 Å². The SMILES string of the molecule is O=C(O)/C=C/C(=O)N1CCN(c2nc(-c3ccccc3)c3ccccc3n2)CC1. The Balaban J connectivity index is 1.59. The van der Waals surface area contributed by atoms with Gasteiger partial charge in [0, 0.05) is 49.3 Å². The zero-order valence-electron chi connectivity index (χ0n) is 15.7. The lowest BCUT2D eigenvalue weighted by Gasteiger charge is -2.34. The minimum absolute atomic E-state index is 0.295. The van der Waals surface area contributed by atoms with Gasteiger partial charge in [0.15, 0.2) is 0 Å². The van der Waals surface area contributed by atoms with E-state index in [1.165, 1.54) is 0 Å². The molecular weight excluding hydrogens is 368 g/mol. The number of hydrogen-bond acceptors (Lipinski definition) is 5. The fourth-order valence-electron chi connectivity index (χ4n) is 3.40. The Bertz CT molecular complexity index is 1070. The van der Waals surface area contributed by atoms with Crippen molar-refractivity contribution < 1.29 is 14.7 Å². The zero-order chi connectivity index (χ0) is 20.2. The van der Waals surface area contributed by atoms with E-state index < -0.39 is 5.97 Å². The second-order valence-corrected chi connectivity index (χ2v) is 6.74. The van der Waals surface area contributed by atoms with Crippen LogP contribution in [0.4, 0.5) is 5.95 Å². The third-order valence-corrected chi connectivity index (χ3v) is 4.88. The first-order chi connectivity index (χ1) is 14.1. The zero-order valence-corrected chi connectivity index (χ0v) is 15.7. The highest BCUT2D eigenvalue weighted by Gasteiger charge is 2.22. The summed E-state index contributed by atoms with van der Waals surface area (Å²) in [6.45, 7) is 2.14. The van der Waals surface area contributed by atoms with Crippen molar-refractivity contribution in [2.75, 3.05) is 31.1 Å². The number of para-hydroxylation sites is 1. The Morgan fingerprint density at radius 2 is 1.55 bits per heavy atom. The van der Waals surface area contributed by atoms with Crippen LogP contribution in [-0.4, -0.2) is 58.0 Å². The molecule has 1 amide bonds. The lowest BCUT2D eigenvalue weighted by atomic mass is 10.1. The molecule has 1 N–H and O–H groups in total. The summed E-state index contributed by atoms with van der Waals surface area (Å²) >= 11 is 0. The van der Waals surface area contributed by atoms with Crippen molar-refractivity contribution in [3.8, 4) is 11.3 Å². The molecule has 146 valence electrons. The van der Waals surface area contributed by atoms with Gasteiger partial charge in [-0.15, -0.1) is 0 Å². The second-order valence-electron chi connectivity index (χ2n) is 6.74. The fourth-order valence-corrected chi connectivity index (χ4v) is 3.40. The summed E-state index contributed by atoms with van der Waals surface area (Å²) in [5.41, 5.74) is 2.79. The van der Waals surface area contributed by atoms with E-state index in [4.69, 9.17) is 15.1 Å². The van der Waals surface area contributed by atoms with Gasteiger partial charge in [0.25, 0.3) is 0 Å². The van der Waals surface area contributed by atoms with Crippen LogP contribution in [0.3, 0.4) is 0 Å². The van der Waals surface area contributed by atoms with Gasteiger partial charge in [-0.3, -0.25) is 4.79 Å². The molecular formula is C22H20N4O3. The molecule has 3 aromatic rings. The van der Waals surface area contributed by atoms with E-state index in [1.807, 2.05) is 54.6 Å². The van der Waals surface area contributed by atoms with E-state index in [9.17, 15) is 9.59 Å². The number of amides is 1. The predicted octanol–water partition coefficient (Wildman–Crippen LogP) is 2.59. The Labute approximate surface area is 167 Å². The Morgan fingerprint density at radius 3 is 2.28 bits per heavy atom. The molecule has 0 radical (unpaired) electrons. The molecule has 7 heteroatoms. The van der Waals surface area contributed by atoms with Gasteiger partial charge in [-0.2, -0.15) is 0 Å². The highest BCUT2D eigenvalue weighted by molar-refractivity contribution is 5.94. The third kappa shape index (κ3) is 4.08. The molecule has 2 aromatic carbocycles. The number of anilines is 1. The molecule has 1 aromatic heterocycles. The van der Waals surface area contributed by atoms with Crippen molar-refractivity contribution in [3.05, 3.63) is 66.7 Å². The number of nitrogens with zero attached hydrogens (tertiary/aromatic N) is 4. The van der Waals surface area contributed by atoms with Crippen molar-refractivity contribution in [3.63, 3.8) is 0 Å². The summed E-state index contributed by atoms with van der Waals surface area (Å²) in [6.07, 6.45) is 1.96. The Kier molecular flexibility index (Phi) is 5.20. The average molecular weight is 388 g/mol. The number of carboxylic acid groups (broad SMARTS) is 1. The quantitative estimate of drug-likeness (QED) is 0.692. The van der Waals surface area contributed by atoms with Crippen LogP contribution in [0, 0.1) is 0 Å². The van der Waals surface area contributed by atoms with Crippen LogP contribution in [-0.2, 0) is 9.59 Å². The summed E-state index contributed by atoms with van der Waals surface area (Å²) in [6, 6.07) is 17.9. The van der Waals surface area contributed by atoms with Gasteiger partial charge < -0.3 is 14.9 Å². The molecule has 0 saturated carbocycles. The van der Waals surface area contributed by atoms with Crippen molar-refractivity contribution in [1.82, 2.24) is 14.9 Å². The van der Waals surface area contributed by atoms with Crippen LogP contribution < -0.4 is 4.90 Å². The predicted molar refractivity (Wildman–Crippen MR) is 111 cm³/mol. The smallest absolute Gasteiger partial charge is 0.328 e. The standard InChI is InChI=1S/C22H20N4O3/c27-19(10-11-20(28)29)25-12-14-26(15-13-25)22-23-18-9-5-4-8-17(18)21(24-22)16-6-2-1-3-7-16/h1-11H,12-15H2,(H,28,29)/b11-10+. The molecule has 7 nitrogen and oxygen atoms in total. The first kappa shape index (κ1) is 18.6. The molecule has 1 aliphatic heterocycles. The molecule has 29 heavy (non-hydrogen) atoms. The van der Waals surface area contributed by atoms with E-state index in [1.54, 1.807) is 4.90 Å². The van der Waals surface area contributed by atoms with Crippen LogP contribution in [0.5, 0.6) is 0 Å². The number of aromatic nitrogens is 2. The molecule has 2 heterocycles. The van der Waals surface area contributed by atoms with Gasteiger partial charge in [0.05, 0.1) is 11.2 Å². The van der Waals surface area contributed by atoms with Crippen molar-refractivity contribution in [2.24, 2.45) is 0 Å². The van der Waals surface area contributed by atoms with Crippen molar-refractivity contribution in [1.29, 1.82) is 0 Å². The number of piperazine rings is 1. The molecule has 0 bridgehead atoms. The maximum Gasteiger partial charge on any atom is 0.328 e. The van der Waals surface area contributed by atoms with E-state index >= 15 is 0 Å². The first-order valence-corrected chi connectivity index (χ1v) is 9.39. The number of rotatable bonds is 4. The maximum atomic E-state index is 12.1. The van der Waals surface area contributed by atoms with Crippen molar-refractivity contribution in [2.45, 2.75) is 0 Å². The summed E-state index contributed by atoms with van der Waals surface area (Å²) in [5, 5.41) is 9.67. The largest absolute Gasteiger partial charge is 0.478 e. The van der Waals surface area contributed by atoms with Crippen LogP contribution in [0.15, 0.2) is 66.7 Å². The highest BCUT2D eigenvalue weighted by atomic mass is 16.4. The summed E-state index contributed by atoms with van der Waals surface area (Å²) in [5.74, 6) is -0.790. The number of carbonyl (C=O) groups is 2. The molecule has 0 aliphatic carbocycles. The van der Waals surface area contributed by atoms with E-state index in [-0.39, 0.29) is 5.91 Å². The van der Waals surface area contributed by atoms with Gasteiger partial charge in [-0.1, -0.05) is 48.5 Å². The Morgan fingerprint density at radius 1 is 0.862 bits per heavy atom. The molecule has 1 fully saturated rings. The normalized spacial score (nSPS) is 14.5. The van der Waals surface area contributed by atoms with Gasteiger partial charge in [-0.05, 0) is 6.07 Å².